The van der Waals surface area contributed by atoms with Gasteiger partial charge in [0.05, 0.1) is 0 Å². The molecule has 0 rings (SSSR count). The standard InChI is InChI=1S/C3H4NOSi/c1-3(4-2)5-6/h1-2H2. The number of hydrogen-bond donors (Lipinski definition) is 0. The van der Waals surface area contributed by atoms with Crippen molar-refractivity contribution in [2.24, 2.45) is 4.99 Å². The molecule has 0 unspecified atom stereocenters. The van der Waals surface area contributed by atoms with Crippen LogP contribution in [0.25, 0.3) is 0 Å². The summed E-state index contributed by atoms with van der Waals surface area (Å²) in [6, 6.07) is 0. The second-order valence-corrected chi connectivity index (χ2v) is 0.858. The molecule has 0 saturated carbocycles. The lowest BCUT2D eigenvalue weighted by Gasteiger charge is -1.89. The molecule has 0 fully saturated rings. The number of nitrogens with zero attached hydrogens (tertiary/aromatic N) is 1. The normalized spacial score (nSPS) is 6.83. The van der Waals surface area contributed by atoms with Gasteiger partial charge in [0.15, 0.2) is 5.88 Å². The van der Waals surface area contributed by atoms with E-state index in [0.29, 0.717) is 0 Å². The van der Waals surface area contributed by atoms with Crippen molar-refractivity contribution in [3.05, 3.63) is 12.5 Å². The summed E-state index contributed by atoms with van der Waals surface area (Å²) in [6.45, 7) is 6.42. The Kier molecular flexibility index (Phi) is 2.40. The summed E-state index contributed by atoms with van der Waals surface area (Å²) in [6.07, 6.45) is 0. The van der Waals surface area contributed by atoms with Crippen LogP contribution < -0.4 is 0 Å². The number of aliphatic imine (C=N–C) groups is 1. The predicted octanol–water partition coefficient (Wildman–Crippen LogP) is 0.258. The molecule has 0 spiro atoms. The Morgan fingerprint density at radius 3 is 2.33 bits per heavy atom. The molecule has 0 aliphatic heterocycles. The lowest BCUT2D eigenvalue weighted by molar-refractivity contribution is 0.469. The largest absolute Gasteiger partial charge is 0.528 e. The minimum atomic E-state index is 0.270. The highest BCUT2D eigenvalue weighted by atomic mass is 28.2. The monoisotopic (exact) mass is 98.0 g/mol. The van der Waals surface area contributed by atoms with E-state index in [9.17, 15) is 0 Å². The maximum Gasteiger partial charge on any atom is 0.343 e. The van der Waals surface area contributed by atoms with Gasteiger partial charge in [-0.25, -0.2) is 4.99 Å². The summed E-state index contributed by atoms with van der Waals surface area (Å²) in [5.41, 5.74) is 0. The molecular formula is C3H4NOSi. The highest BCUT2D eigenvalue weighted by molar-refractivity contribution is 5.98. The van der Waals surface area contributed by atoms with Gasteiger partial charge in [-0.3, -0.25) is 0 Å². The first-order chi connectivity index (χ1) is 2.81. The molecule has 0 saturated heterocycles. The minimum absolute atomic E-state index is 0.270. The maximum absolute atomic E-state index is 4.28. The van der Waals surface area contributed by atoms with Crippen molar-refractivity contribution in [3.8, 4) is 0 Å². The minimum Gasteiger partial charge on any atom is -0.528 e. The van der Waals surface area contributed by atoms with Crippen LogP contribution in [0.2, 0.25) is 0 Å². The first-order valence-corrected chi connectivity index (χ1v) is 1.71. The fourth-order valence-corrected chi connectivity index (χ4v) is 0.0968. The second-order valence-electron chi connectivity index (χ2n) is 0.654. The van der Waals surface area contributed by atoms with E-state index in [4.69, 9.17) is 0 Å². The van der Waals surface area contributed by atoms with Crippen LogP contribution in [0.15, 0.2) is 17.5 Å². The van der Waals surface area contributed by atoms with Crippen LogP contribution in [0.5, 0.6) is 0 Å². The molecule has 31 valence electrons. The zero-order chi connectivity index (χ0) is 4.99. The third-order valence-electron chi connectivity index (χ3n) is 0.294. The van der Waals surface area contributed by atoms with Gasteiger partial charge in [0, 0.05) is 0 Å². The van der Waals surface area contributed by atoms with Gasteiger partial charge in [0.1, 0.15) is 0 Å². The van der Waals surface area contributed by atoms with Gasteiger partial charge in [-0.1, -0.05) is 0 Å². The van der Waals surface area contributed by atoms with Crippen molar-refractivity contribution < 1.29 is 4.43 Å². The van der Waals surface area contributed by atoms with Crippen LogP contribution >= 0.6 is 0 Å². The third kappa shape index (κ3) is 1.72. The quantitative estimate of drug-likeness (QED) is 0.276. The summed E-state index contributed by atoms with van der Waals surface area (Å²) < 4.78 is 4.28. The molecule has 0 aromatic carbocycles. The van der Waals surface area contributed by atoms with E-state index in [1.807, 2.05) is 0 Å². The zero-order valence-electron chi connectivity index (χ0n) is 3.27. The van der Waals surface area contributed by atoms with Crippen LogP contribution in [-0.4, -0.2) is 17.2 Å². The number of hydrogen-bond acceptors (Lipinski definition) is 2. The second kappa shape index (κ2) is 2.65. The average Bonchev–Trinajstić information content (AvgIpc) is 1.65. The SMILES string of the molecule is C=NC(=C)O[Si]. The first kappa shape index (κ1) is 5.43. The Labute approximate surface area is 40.1 Å². The molecule has 0 amide bonds. The van der Waals surface area contributed by atoms with Crippen molar-refractivity contribution in [1.82, 2.24) is 0 Å². The van der Waals surface area contributed by atoms with Gasteiger partial charge in [-0.2, -0.15) is 0 Å². The van der Waals surface area contributed by atoms with Crippen LogP contribution in [0, 0.1) is 0 Å². The third-order valence-corrected chi connectivity index (χ3v) is 0.530. The van der Waals surface area contributed by atoms with Crippen molar-refractivity contribution in [1.29, 1.82) is 0 Å². The van der Waals surface area contributed by atoms with Gasteiger partial charge in [-0.15, -0.1) is 0 Å². The molecule has 0 N–H and O–H groups in total. The Hall–Kier alpha value is -0.573. The molecule has 0 aromatic rings. The molecule has 6 heavy (non-hydrogen) atoms. The van der Waals surface area contributed by atoms with E-state index in [1.54, 1.807) is 0 Å². The molecule has 0 aliphatic rings. The highest BCUT2D eigenvalue weighted by Crippen LogP contribution is 1.84. The van der Waals surface area contributed by atoms with Crippen molar-refractivity contribution in [3.63, 3.8) is 0 Å². The van der Waals surface area contributed by atoms with Gasteiger partial charge in [0.25, 0.3) is 0 Å². The zero-order valence-corrected chi connectivity index (χ0v) is 4.27. The predicted molar refractivity (Wildman–Crippen MR) is 25.5 cm³/mol. The topological polar surface area (TPSA) is 21.6 Å². The van der Waals surface area contributed by atoms with Crippen LogP contribution in [0.3, 0.4) is 0 Å². The summed E-state index contributed by atoms with van der Waals surface area (Å²) in [5, 5.41) is 0. The van der Waals surface area contributed by atoms with Crippen molar-refractivity contribution >= 4 is 17.2 Å². The summed E-state index contributed by atoms with van der Waals surface area (Å²) >= 11 is 0. The summed E-state index contributed by atoms with van der Waals surface area (Å²) in [4.78, 5) is 3.29. The fourth-order valence-electron chi connectivity index (χ4n) is 0.0323. The smallest absolute Gasteiger partial charge is 0.343 e. The van der Waals surface area contributed by atoms with Crippen molar-refractivity contribution in [2.45, 2.75) is 0 Å². The van der Waals surface area contributed by atoms with E-state index >= 15 is 0 Å². The summed E-state index contributed by atoms with van der Waals surface area (Å²) in [7, 11) is 2.68. The number of rotatable bonds is 2. The lowest BCUT2D eigenvalue weighted by Crippen LogP contribution is -1.76. The molecule has 2 nitrogen and oxygen atoms in total. The van der Waals surface area contributed by atoms with E-state index < -0.39 is 0 Å². The fraction of sp³-hybridized carbons (Fsp3) is 0. The van der Waals surface area contributed by atoms with Gasteiger partial charge < -0.3 is 4.43 Å². The Morgan fingerprint density at radius 2 is 2.33 bits per heavy atom. The maximum atomic E-state index is 4.28. The molecule has 3 radical (unpaired) electrons. The Balaban J connectivity index is 3.23. The molecule has 0 atom stereocenters. The highest BCUT2D eigenvalue weighted by Gasteiger charge is 1.73. The Bertz CT molecular complexity index is 71.2. The van der Waals surface area contributed by atoms with E-state index in [0.717, 1.165) is 0 Å². The molecule has 0 heterocycles. The van der Waals surface area contributed by atoms with Crippen LogP contribution in [-0.2, 0) is 4.43 Å². The molecule has 0 aromatic heterocycles. The van der Waals surface area contributed by atoms with E-state index in [2.05, 4.69) is 33.2 Å². The van der Waals surface area contributed by atoms with Crippen LogP contribution in [0.1, 0.15) is 0 Å². The summed E-state index contributed by atoms with van der Waals surface area (Å²) in [5.74, 6) is 0.270. The average molecular weight is 98.2 g/mol. The Morgan fingerprint density at radius 1 is 1.83 bits per heavy atom. The molecule has 3 heteroatoms. The van der Waals surface area contributed by atoms with Crippen LogP contribution in [0.4, 0.5) is 0 Å². The molecule has 0 bridgehead atoms. The first-order valence-electron chi connectivity index (χ1n) is 1.30. The molecular weight excluding hydrogens is 94.1 g/mol. The van der Waals surface area contributed by atoms with Gasteiger partial charge >= 0.3 is 10.5 Å². The van der Waals surface area contributed by atoms with E-state index in [1.165, 1.54) is 0 Å². The van der Waals surface area contributed by atoms with Gasteiger partial charge in [-0.05, 0) is 13.3 Å². The lowest BCUT2D eigenvalue weighted by atomic mass is 11.0. The van der Waals surface area contributed by atoms with E-state index in [-0.39, 0.29) is 5.88 Å². The molecule has 0 aliphatic carbocycles. The van der Waals surface area contributed by atoms with Crippen molar-refractivity contribution in [2.75, 3.05) is 0 Å². The van der Waals surface area contributed by atoms with Gasteiger partial charge in [0.2, 0.25) is 0 Å².